The van der Waals surface area contributed by atoms with Gasteiger partial charge in [-0.2, -0.15) is 0 Å². The van der Waals surface area contributed by atoms with Crippen LogP contribution >= 0.6 is 0 Å². The fourth-order valence-electron chi connectivity index (χ4n) is 2.80. The van der Waals surface area contributed by atoms with Gasteiger partial charge >= 0.3 is 11.9 Å². The van der Waals surface area contributed by atoms with Crippen LogP contribution in [0.2, 0.25) is 0 Å². The summed E-state index contributed by atoms with van der Waals surface area (Å²) >= 11 is 0. The van der Waals surface area contributed by atoms with E-state index in [0.717, 1.165) is 0 Å². The fraction of sp³-hybridized carbons (Fsp3) is 0.280. The maximum Gasteiger partial charge on any atom is 0.338 e. The van der Waals surface area contributed by atoms with Crippen molar-refractivity contribution in [3.63, 3.8) is 0 Å². The quantitative estimate of drug-likeness (QED) is 0.438. The van der Waals surface area contributed by atoms with Crippen molar-refractivity contribution in [3.8, 4) is 23.0 Å². The highest BCUT2D eigenvalue weighted by molar-refractivity contribution is 5.92. The van der Waals surface area contributed by atoms with Gasteiger partial charge < -0.3 is 29.2 Å². The molecular formula is C25H32O8. The molecule has 0 aliphatic rings. The number of hydrogen-bond donors (Lipinski definition) is 2. The van der Waals surface area contributed by atoms with E-state index in [1.54, 1.807) is 12.2 Å². The van der Waals surface area contributed by atoms with Crippen LogP contribution in [0.1, 0.15) is 39.3 Å². The third-order valence-electron chi connectivity index (χ3n) is 4.36. The van der Waals surface area contributed by atoms with Crippen molar-refractivity contribution < 1.29 is 38.7 Å². The van der Waals surface area contributed by atoms with Gasteiger partial charge in [-0.15, -0.1) is 13.2 Å². The number of aromatic hydroxyl groups is 2. The summed E-state index contributed by atoms with van der Waals surface area (Å²) in [7, 11) is 5.51. The predicted molar refractivity (Wildman–Crippen MR) is 127 cm³/mol. The zero-order valence-corrected chi connectivity index (χ0v) is 18.6. The molecule has 0 fully saturated rings. The van der Waals surface area contributed by atoms with E-state index in [-0.39, 0.29) is 24.5 Å². The monoisotopic (exact) mass is 460 g/mol. The molecule has 8 heteroatoms. The van der Waals surface area contributed by atoms with E-state index in [1.165, 1.54) is 52.7 Å². The first-order valence-electron chi connectivity index (χ1n) is 9.45. The van der Waals surface area contributed by atoms with Crippen molar-refractivity contribution in [2.45, 2.75) is 20.3 Å². The van der Waals surface area contributed by atoms with Crippen molar-refractivity contribution in [2.24, 2.45) is 0 Å². The van der Waals surface area contributed by atoms with Crippen LogP contribution in [-0.4, -0.2) is 50.6 Å². The number of carbonyl (C=O) groups is 2. The van der Waals surface area contributed by atoms with Crippen molar-refractivity contribution in [3.05, 3.63) is 71.8 Å². The van der Waals surface area contributed by atoms with Gasteiger partial charge in [-0.3, -0.25) is 0 Å². The number of carbonyl (C=O) groups excluding carboxylic acids is 2. The standard InChI is InChI=1S/2C12H14O4.CH4/c1-4-5-9-10(12(14)16-3)6-8(15-2)7-11(9)13;1-4-5-9-10(13)6-8(12(14)16-3)7-11(9)15-2;/h2*4,6-7,13H,1,5H2,2-3H3;1H4. The summed E-state index contributed by atoms with van der Waals surface area (Å²) in [4.78, 5) is 22.8. The Kier molecular flexibility index (Phi) is 12.5. The molecule has 0 amide bonds. The Morgan fingerprint density at radius 1 is 0.818 bits per heavy atom. The minimum Gasteiger partial charge on any atom is -0.507 e. The lowest BCUT2D eigenvalue weighted by molar-refractivity contribution is 0.0590. The summed E-state index contributed by atoms with van der Waals surface area (Å²) in [6.45, 7) is 7.16. The Hall–Kier alpha value is -3.94. The highest BCUT2D eigenvalue weighted by Gasteiger charge is 2.17. The maximum atomic E-state index is 11.5. The van der Waals surface area contributed by atoms with Crippen molar-refractivity contribution >= 4 is 11.9 Å². The van der Waals surface area contributed by atoms with Crippen LogP contribution in [-0.2, 0) is 22.3 Å². The van der Waals surface area contributed by atoms with Gasteiger partial charge in [-0.1, -0.05) is 19.6 Å². The zero-order valence-electron chi connectivity index (χ0n) is 18.6. The smallest absolute Gasteiger partial charge is 0.338 e. The molecular weight excluding hydrogens is 428 g/mol. The van der Waals surface area contributed by atoms with Crippen LogP contribution in [0, 0.1) is 0 Å². The van der Waals surface area contributed by atoms with Crippen LogP contribution < -0.4 is 9.47 Å². The SMILES string of the molecule is C.C=CCc1c(O)cc(C(=O)OC)cc1OC.C=CCc1c(O)cc(OC)cc1C(=O)OC. The lowest BCUT2D eigenvalue weighted by atomic mass is 10.0. The van der Waals surface area contributed by atoms with Gasteiger partial charge in [0.15, 0.2) is 0 Å². The van der Waals surface area contributed by atoms with E-state index in [0.29, 0.717) is 41.0 Å². The molecule has 0 saturated heterocycles. The number of hydrogen-bond acceptors (Lipinski definition) is 8. The largest absolute Gasteiger partial charge is 0.507 e. The van der Waals surface area contributed by atoms with Gasteiger partial charge in [-0.05, 0) is 31.0 Å². The normalized spacial score (nSPS) is 9.33. The first-order valence-corrected chi connectivity index (χ1v) is 9.45. The van der Waals surface area contributed by atoms with Crippen molar-refractivity contribution in [1.82, 2.24) is 0 Å². The molecule has 0 aromatic heterocycles. The fourth-order valence-corrected chi connectivity index (χ4v) is 2.80. The first-order chi connectivity index (χ1) is 15.3. The maximum absolute atomic E-state index is 11.5. The highest BCUT2D eigenvalue weighted by Crippen LogP contribution is 2.31. The Morgan fingerprint density at radius 3 is 1.85 bits per heavy atom. The average Bonchev–Trinajstić information content (AvgIpc) is 2.80. The number of esters is 2. The molecule has 0 bridgehead atoms. The third-order valence-corrected chi connectivity index (χ3v) is 4.36. The van der Waals surface area contributed by atoms with E-state index in [9.17, 15) is 19.8 Å². The summed E-state index contributed by atoms with van der Waals surface area (Å²) in [5, 5.41) is 19.5. The van der Waals surface area contributed by atoms with Gasteiger partial charge in [0.1, 0.15) is 23.0 Å². The van der Waals surface area contributed by atoms with Crippen LogP contribution in [0.3, 0.4) is 0 Å². The summed E-state index contributed by atoms with van der Waals surface area (Å²) in [5.74, 6) is -0.171. The van der Waals surface area contributed by atoms with E-state index in [1.807, 2.05) is 0 Å². The molecule has 0 spiro atoms. The number of ether oxygens (including phenoxy) is 4. The van der Waals surface area contributed by atoms with Crippen LogP contribution in [0.5, 0.6) is 23.0 Å². The second kappa shape index (κ2) is 14.2. The Morgan fingerprint density at radius 2 is 1.36 bits per heavy atom. The number of rotatable bonds is 8. The zero-order chi connectivity index (χ0) is 24.3. The molecule has 2 rings (SSSR count). The molecule has 180 valence electrons. The molecule has 0 heterocycles. The second-order valence-electron chi connectivity index (χ2n) is 6.32. The van der Waals surface area contributed by atoms with Crippen LogP contribution in [0.25, 0.3) is 0 Å². The minimum absolute atomic E-state index is 0. The molecule has 2 aromatic carbocycles. The molecule has 33 heavy (non-hydrogen) atoms. The van der Waals surface area contributed by atoms with Crippen LogP contribution in [0.4, 0.5) is 0 Å². The molecule has 0 unspecified atom stereocenters. The summed E-state index contributed by atoms with van der Waals surface area (Å²) in [5.41, 5.74) is 1.64. The van der Waals surface area contributed by atoms with E-state index < -0.39 is 11.9 Å². The topological polar surface area (TPSA) is 112 Å². The molecule has 0 atom stereocenters. The predicted octanol–water partition coefficient (Wildman–Crippen LogP) is 4.47. The van der Waals surface area contributed by atoms with Crippen LogP contribution in [0.15, 0.2) is 49.6 Å². The molecule has 0 radical (unpaired) electrons. The lowest BCUT2D eigenvalue weighted by Crippen LogP contribution is -2.06. The Balaban J connectivity index is 0.000000602. The molecule has 2 N–H and O–H groups in total. The Labute approximate surface area is 194 Å². The van der Waals surface area contributed by atoms with Gasteiger partial charge in [0.05, 0.1) is 39.6 Å². The molecule has 0 aliphatic carbocycles. The van der Waals surface area contributed by atoms with Crippen molar-refractivity contribution in [2.75, 3.05) is 28.4 Å². The van der Waals surface area contributed by atoms with Crippen molar-refractivity contribution in [1.29, 1.82) is 0 Å². The van der Waals surface area contributed by atoms with E-state index in [2.05, 4.69) is 22.6 Å². The molecule has 0 saturated carbocycles. The molecule has 2 aromatic rings. The Bertz CT molecular complexity index is 979. The average molecular weight is 461 g/mol. The lowest BCUT2D eigenvalue weighted by Gasteiger charge is -2.10. The number of allylic oxidation sites excluding steroid dienone is 2. The number of methoxy groups -OCH3 is 4. The van der Waals surface area contributed by atoms with E-state index in [4.69, 9.17) is 9.47 Å². The second-order valence-corrected chi connectivity index (χ2v) is 6.32. The molecule has 0 aliphatic heterocycles. The van der Waals surface area contributed by atoms with Gasteiger partial charge in [0, 0.05) is 17.2 Å². The number of phenolic OH excluding ortho intramolecular Hbond substituents is 2. The highest BCUT2D eigenvalue weighted by atomic mass is 16.5. The first kappa shape index (κ1) is 29.1. The van der Waals surface area contributed by atoms with Gasteiger partial charge in [0.2, 0.25) is 0 Å². The van der Waals surface area contributed by atoms with Gasteiger partial charge in [-0.25, -0.2) is 9.59 Å². The number of benzene rings is 2. The third kappa shape index (κ3) is 7.60. The minimum atomic E-state index is -0.515. The summed E-state index contributed by atoms with van der Waals surface area (Å²) in [6, 6.07) is 5.87. The molecule has 8 nitrogen and oxygen atoms in total. The summed E-state index contributed by atoms with van der Waals surface area (Å²) < 4.78 is 19.3. The van der Waals surface area contributed by atoms with E-state index >= 15 is 0 Å². The summed E-state index contributed by atoms with van der Waals surface area (Å²) in [6.07, 6.45) is 4.11. The van der Waals surface area contributed by atoms with Gasteiger partial charge in [0.25, 0.3) is 0 Å². The number of phenols is 2.